The minimum Gasteiger partial charge on any atom is -0.206 e. The van der Waals surface area contributed by atoms with Crippen LogP contribution in [0.5, 0.6) is 0 Å². The molecule has 0 aromatic heterocycles. The molecule has 1 aliphatic rings. The molecule has 0 radical (unpaired) electrons. The lowest BCUT2D eigenvalue weighted by atomic mass is 10.1. The smallest absolute Gasteiger partial charge is 0.206 e. The minimum absolute atomic E-state index is 0.104. The lowest BCUT2D eigenvalue weighted by Gasteiger charge is -1.99. The molecular formula is C9H7F2N3. The summed E-state index contributed by atoms with van der Waals surface area (Å²) in [7, 11) is 0. The van der Waals surface area contributed by atoms with E-state index in [-0.39, 0.29) is 6.42 Å². The topological polar surface area (TPSA) is 48.8 Å². The van der Waals surface area contributed by atoms with Crippen molar-refractivity contribution in [3.05, 3.63) is 40.3 Å². The summed E-state index contributed by atoms with van der Waals surface area (Å²) < 4.78 is 25.4. The largest absolute Gasteiger partial charge is 0.255 e. The molecule has 3 nitrogen and oxygen atoms in total. The molecule has 0 heterocycles. The molecule has 14 heavy (non-hydrogen) atoms. The second-order valence-corrected chi connectivity index (χ2v) is 3.30. The van der Waals surface area contributed by atoms with E-state index in [1.54, 1.807) is 18.2 Å². The van der Waals surface area contributed by atoms with Gasteiger partial charge in [0.2, 0.25) is 0 Å². The summed E-state index contributed by atoms with van der Waals surface area (Å²) in [5.41, 5.74) is 9.10. The second kappa shape index (κ2) is 2.96. The molecule has 1 atom stereocenters. The summed E-state index contributed by atoms with van der Waals surface area (Å²) in [4.78, 5) is 2.60. The fraction of sp³-hybridized carbons (Fsp3) is 0.333. The molecule has 72 valence electrons. The van der Waals surface area contributed by atoms with Gasteiger partial charge in [-0.15, -0.1) is 0 Å². The Bertz CT molecular complexity index is 410. The van der Waals surface area contributed by atoms with Crippen LogP contribution >= 0.6 is 0 Å². The lowest BCUT2D eigenvalue weighted by molar-refractivity contribution is 0.112. The number of nitrogens with zero attached hydrogens (tertiary/aromatic N) is 3. The number of hydrogen-bond acceptors (Lipinski definition) is 1. The highest BCUT2D eigenvalue weighted by Crippen LogP contribution is 2.55. The van der Waals surface area contributed by atoms with Gasteiger partial charge in [0.25, 0.3) is 5.92 Å². The maximum absolute atomic E-state index is 12.7. The van der Waals surface area contributed by atoms with E-state index in [2.05, 4.69) is 10.0 Å². The van der Waals surface area contributed by atoms with Gasteiger partial charge >= 0.3 is 0 Å². The number of hydrogen-bond donors (Lipinski definition) is 0. The predicted molar refractivity (Wildman–Crippen MR) is 47.6 cm³/mol. The van der Waals surface area contributed by atoms with E-state index in [0.29, 0.717) is 11.3 Å². The van der Waals surface area contributed by atoms with Crippen molar-refractivity contribution in [2.24, 2.45) is 5.11 Å². The van der Waals surface area contributed by atoms with Crippen molar-refractivity contribution in [2.75, 3.05) is 0 Å². The van der Waals surface area contributed by atoms with Crippen molar-refractivity contribution in [1.82, 2.24) is 0 Å². The van der Waals surface area contributed by atoms with E-state index in [9.17, 15) is 8.78 Å². The van der Waals surface area contributed by atoms with Gasteiger partial charge in [-0.05, 0) is 17.2 Å². The van der Waals surface area contributed by atoms with Gasteiger partial charge in [0, 0.05) is 17.0 Å². The minimum atomic E-state index is -2.57. The highest BCUT2D eigenvalue weighted by molar-refractivity contribution is 5.43. The molecule has 0 saturated heterocycles. The van der Waals surface area contributed by atoms with Gasteiger partial charge in [-0.25, -0.2) is 8.78 Å². The molecule has 0 aliphatic heterocycles. The summed E-state index contributed by atoms with van der Waals surface area (Å²) in [6, 6.07) is 6.34. The summed E-state index contributed by atoms with van der Waals surface area (Å²) in [6.45, 7) is 0. The quantitative estimate of drug-likeness (QED) is 0.392. The molecule has 1 fully saturated rings. The molecule has 0 bridgehead atoms. The van der Waals surface area contributed by atoms with Crippen LogP contribution in [0.1, 0.15) is 17.9 Å². The molecule has 0 amide bonds. The third kappa shape index (κ3) is 1.54. The predicted octanol–water partition coefficient (Wildman–Crippen LogP) is 3.75. The Labute approximate surface area is 79.0 Å². The number of rotatable bonds is 2. The first-order chi connectivity index (χ1) is 6.63. The van der Waals surface area contributed by atoms with Crippen LogP contribution in [0.2, 0.25) is 0 Å². The average Bonchev–Trinajstić information content (AvgIpc) is 2.76. The average molecular weight is 195 g/mol. The van der Waals surface area contributed by atoms with Crippen molar-refractivity contribution in [3.8, 4) is 0 Å². The maximum atomic E-state index is 12.7. The summed E-state index contributed by atoms with van der Waals surface area (Å²) in [5, 5.41) is 3.36. The number of azide groups is 1. The van der Waals surface area contributed by atoms with Crippen molar-refractivity contribution < 1.29 is 8.78 Å². The Hall–Kier alpha value is -1.61. The molecule has 1 aliphatic carbocycles. The van der Waals surface area contributed by atoms with Crippen LogP contribution in [0.3, 0.4) is 0 Å². The van der Waals surface area contributed by atoms with Gasteiger partial charge in [0.05, 0.1) is 5.92 Å². The van der Waals surface area contributed by atoms with Crippen LogP contribution in [-0.4, -0.2) is 5.92 Å². The molecule has 1 aromatic carbocycles. The van der Waals surface area contributed by atoms with E-state index in [0.717, 1.165) is 0 Å². The molecular weight excluding hydrogens is 188 g/mol. The van der Waals surface area contributed by atoms with E-state index in [1.165, 1.54) is 6.07 Å². The Morgan fingerprint density at radius 3 is 2.79 bits per heavy atom. The molecule has 0 N–H and O–H groups in total. The van der Waals surface area contributed by atoms with Crippen LogP contribution in [0.25, 0.3) is 10.4 Å². The maximum Gasteiger partial charge on any atom is 0.255 e. The third-order valence-corrected chi connectivity index (χ3v) is 2.26. The fourth-order valence-corrected chi connectivity index (χ4v) is 1.43. The Balaban J connectivity index is 2.28. The summed E-state index contributed by atoms with van der Waals surface area (Å²) in [5.74, 6) is -3.27. The van der Waals surface area contributed by atoms with Crippen LogP contribution < -0.4 is 0 Å². The number of alkyl halides is 2. The van der Waals surface area contributed by atoms with E-state index in [4.69, 9.17) is 5.53 Å². The standard InChI is InChI=1S/C9H7F2N3/c10-9(11)5-8(9)6-2-1-3-7(4-6)13-14-12/h1-4,8H,5H2. The lowest BCUT2D eigenvalue weighted by Crippen LogP contribution is -1.92. The number of benzene rings is 1. The van der Waals surface area contributed by atoms with Crippen molar-refractivity contribution >= 4 is 5.69 Å². The van der Waals surface area contributed by atoms with E-state index >= 15 is 0 Å². The van der Waals surface area contributed by atoms with Crippen LogP contribution in [0, 0.1) is 0 Å². The molecule has 1 saturated carbocycles. The van der Waals surface area contributed by atoms with E-state index < -0.39 is 11.8 Å². The SMILES string of the molecule is [N-]=[N+]=Nc1cccc(C2CC2(F)F)c1. The highest BCUT2D eigenvalue weighted by atomic mass is 19.3. The molecule has 0 spiro atoms. The molecule has 5 heteroatoms. The van der Waals surface area contributed by atoms with Crippen molar-refractivity contribution in [3.63, 3.8) is 0 Å². The first-order valence-corrected chi connectivity index (χ1v) is 4.16. The van der Waals surface area contributed by atoms with Gasteiger partial charge in [0.15, 0.2) is 0 Å². The van der Waals surface area contributed by atoms with Crippen LogP contribution in [0.15, 0.2) is 29.4 Å². The highest BCUT2D eigenvalue weighted by Gasteiger charge is 2.57. The molecule has 2 rings (SSSR count). The second-order valence-electron chi connectivity index (χ2n) is 3.30. The van der Waals surface area contributed by atoms with Crippen LogP contribution in [0.4, 0.5) is 14.5 Å². The Morgan fingerprint density at radius 2 is 2.21 bits per heavy atom. The van der Waals surface area contributed by atoms with Gasteiger partial charge < -0.3 is 0 Å². The van der Waals surface area contributed by atoms with Crippen molar-refractivity contribution in [1.29, 1.82) is 0 Å². The van der Waals surface area contributed by atoms with Gasteiger partial charge in [-0.1, -0.05) is 23.3 Å². The van der Waals surface area contributed by atoms with Gasteiger partial charge in [-0.2, -0.15) is 0 Å². The van der Waals surface area contributed by atoms with Gasteiger partial charge in [-0.3, -0.25) is 0 Å². The normalized spacial score (nSPS) is 22.6. The zero-order chi connectivity index (χ0) is 10.2. The molecule has 1 aromatic rings. The summed E-state index contributed by atoms with van der Waals surface area (Å²) in [6.07, 6.45) is -0.104. The zero-order valence-corrected chi connectivity index (χ0v) is 7.19. The molecule has 1 unspecified atom stereocenters. The number of halogens is 2. The van der Waals surface area contributed by atoms with E-state index in [1.807, 2.05) is 0 Å². The van der Waals surface area contributed by atoms with Crippen LogP contribution in [-0.2, 0) is 0 Å². The first-order valence-electron chi connectivity index (χ1n) is 4.16. The monoisotopic (exact) mass is 195 g/mol. The third-order valence-electron chi connectivity index (χ3n) is 2.26. The van der Waals surface area contributed by atoms with Gasteiger partial charge in [0.1, 0.15) is 0 Å². The Kier molecular flexibility index (Phi) is 1.89. The van der Waals surface area contributed by atoms with Crippen molar-refractivity contribution in [2.45, 2.75) is 18.3 Å². The summed E-state index contributed by atoms with van der Waals surface area (Å²) >= 11 is 0. The Morgan fingerprint density at radius 1 is 1.50 bits per heavy atom. The zero-order valence-electron chi connectivity index (χ0n) is 7.19. The first kappa shape index (κ1) is 8.97. The fourth-order valence-electron chi connectivity index (χ4n) is 1.43.